The summed E-state index contributed by atoms with van der Waals surface area (Å²) in [7, 11) is -1.33. The van der Waals surface area contributed by atoms with Crippen molar-refractivity contribution < 1.29 is 27.5 Å². The molecule has 10 heteroatoms. The van der Waals surface area contributed by atoms with Gasteiger partial charge in [-0.3, -0.25) is 13.9 Å². The Bertz CT molecular complexity index is 1510. The number of anilines is 1. The Morgan fingerprint density at radius 2 is 1.63 bits per heavy atom. The summed E-state index contributed by atoms with van der Waals surface area (Å²) < 4.78 is 40.3. The third-order valence-electron chi connectivity index (χ3n) is 7.95. The minimum Gasteiger partial charge on any atom is -0.497 e. The fourth-order valence-electron chi connectivity index (χ4n) is 5.48. The molecule has 1 atom stereocenters. The minimum atomic E-state index is -4.24. The molecule has 1 aliphatic carbocycles. The van der Waals surface area contributed by atoms with Gasteiger partial charge in [-0.05, 0) is 61.6 Å². The van der Waals surface area contributed by atoms with E-state index in [-0.39, 0.29) is 34.8 Å². The molecule has 1 aliphatic rings. The predicted molar refractivity (Wildman–Crippen MR) is 167 cm³/mol. The number of aryl methyl sites for hydroxylation is 1. The molecule has 1 fully saturated rings. The molecule has 3 aromatic carbocycles. The van der Waals surface area contributed by atoms with Crippen molar-refractivity contribution >= 4 is 27.5 Å². The van der Waals surface area contributed by atoms with Crippen LogP contribution in [0.2, 0.25) is 0 Å². The number of carbonyl (C=O) groups is 2. The van der Waals surface area contributed by atoms with Gasteiger partial charge in [0.25, 0.3) is 10.0 Å². The molecule has 0 radical (unpaired) electrons. The van der Waals surface area contributed by atoms with Gasteiger partial charge in [0, 0.05) is 18.7 Å². The maximum atomic E-state index is 14.4. The molecule has 230 valence electrons. The van der Waals surface area contributed by atoms with Crippen LogP contribution in [0.5, 0.6) is 11.5 Å². The molecule has 1 N–H and O–H groups in total. The Hall–Kier alpha value is -4.05. The lowest BCUT2D eigenvalue weighted by atomic mass is 10.1. The molecule has 3 aromatic rings. The van der Waals surface area contributed by atoms with E-state index in [0.29, 0.717) is 12.2 Å². The van der Waals surface area contributed by atoms with E-state index >= 15 is 0 Å². The minimum absolute atomic E-state index is 0.0177. The number of carbonyl (C=O) groups excluding carboxylic acids is 2. The van der Waals surface area contributed by atoms with Gasteiger partial charge in [0.2, 0.25) is 11.8 Å². The summed E-state index contributed by atoms with van der Waals surface area (Å²) in [5, 5.41) is 3.14. The fourth-order valence-corrected chi connectivity index (χ4v) is 6.92. The lowest BCUT2D eigenvalue weighted by molar-refractivity contribution is -0.140. The van der Waals surface area contributed by atoms with E-state index in [1.165, 1.54) is 37.3 Å². The van der Waals surface area contributed by atoms with E-state index in [9.17, 15) is 18.0 Å². The molecular weight excluding hydrogens is 566 g/mol. The zero-order valence-corrected chi connectivity index (χ0v) is 26.1. The van der Waals surface area contributed by atoms with Gasteiger partial charge in [-0.2, -0.15) is 0 Å². The van der Waals surface area contributed by atoms with Gasteiger partial charge < -0.3 is 19.7 Å². The van der Waals surface area contributed by atoms with Gasteiger partial charge in [0.1, 0.15) is 24.1 Å². The molecular formula is C33H41N3O6S. The van der Waals surface area contributed by atoms with Crippen LogP contribution in [0.1, 0.15) is 50.2 Å². The number of nitrogens with one attached hydrogen (secondary N) is 1. The van der Waals surface area contributed by atoms with Gasteiger partial charge in [-0.1, -0.05) is 62.2 Å². The molecule has 43 heavy (non-hydrogen) atoms. The molecule has 0 bridgehead atoms. The summed E-state index contributed by atoms with van der Waals surface area (Å²) in [4.78, 5) is 29.5. The van der Waals surface area contributed by atoms with Crippen LogP contribution in [0.3, 0.4) is 0 Å². The number of sulfonamides is 1. The summed E-state index contributed by atoms with van der Waals surface area (Å²) in [6, 6.07) is 19.7. The number of rotatable bonds is 13. The van der Waals surface area contributed by atoms with Crippen LogP contribution < -0.4 is 19.1 Å². The van der Waals surface area contributed by atoms with Crippen LogP contribution in [0.4, 0.5) is 5.69 Å². The molecule has 4 rings (SSSR count). The molecule has 0 spiro atoms. The highest BCUT2D eigenvalue weighted by molar-refractivity contribution is 7.92. The van der Waals surface area contributed by atoms with Crippen LogP contribution in [0, 0.1) is 6.92 Å². The second kappa shape index (κ2) is 14.4. The quantitative estimate of drug-likeness (QED) is 0.291. The molecule has 2 amide bonds. The maximum absolute atomic E-state index is 14.4. The van der Waals surface area contributed by atoms with Gasteiger partial charge >= 0.3 is 0 Å². The average molecular weight is 608 g/mol. The smallest absolute Gasteiger partial charge is 0.264 e. The van der Waals surface area contributed by atoms with Gasteiger partial charge in [0.05, 0.1) is 24.8 Å². The van der Waals surface area contributed by atoms with Crippen LogP contribution in [-0.4, -0.2) is 58.0 Å². The van der Waals surface area contributed by atoms with Crippen molar-refractivity contribution in [1.29, 1.82) is 0 Å². The third kappa shape index (κ3) is 7.48. The normalized spacial score (nSPS) is 14.1. The van der Waals surface area contributed by atoms with E-state index in [4.69, 9.17) is 9.47 Å². The molecule has 0 aliphatic heterocycles. The Morgan fingerprint density at radius 3 is 2.26 bits per heavy atom. The highest BCUT2D eigenvalue weighted by atomic mass is 32.2. The Balaban J connectivity index is 1.78. The zero-order chi connectivity index (χ0) is 31.0. The van der Waals surface area contributed by atoms with E-state index in [1.807, 2.05) is 38.1 Å². The number of nitrogens with zero attached hydrogens (tertiary/aromatic N) is 2. The Kier molecular flexibility index (Phi) is 10.7. The lowest BCUT2D eigenvalue weighted by Gasteiger charge is -2.34. The highest BCUT2D eigenvalue weighted by Gasteiger charge is 2.35. The number of methoxy groups -OCH3 is 2. The van der Waals surface area contributed by atoms with E-state index in [0.717, 1.165) is 41.1 Å². The second-order valence-corrected chi connectivity index (χ2v) is 12.6. The molecule has 0 aromatic heterocycles. The van der Waals surface area contributed by atoms with Gasteiger partial charge in [0.15, 0.2) is 0 Å². The zero-order valence-electron chi connectivity index (χ0n) is 25.3. The SMILES string of the molecule is CC[C@H](C(=O)NC1CCCC1)N(Cc1ccccc1C)C(=O)CN(c1cc(OC)ccc1OC)S(=O)(=O)c1ccccc1. The predicted octanol–water partition coefficient (Wildman–Crippen LogP) is 5.07. The molecule has 0 heterocycles. The van der Waals surface area contributed by atoms with Crippen molar-refractivity contribution in [2.75, 3.05) is 25.1 Å². The third-order valence-corrected chi connectivity index (χ3v) is 9.73. The first-order valence-electron chi connectivity index (χ1n) is 14.6. The summed E-state index contributed by atoms with van der Waals surface area (Å²) in [6.07, 6.45) is 4.30. The summed E-state index contributed by atoms with van der Waals surface area (Å²) in [5.74, 6) is -0.0888. The van der Waals surface area contributed by atoms with Crippen molar-refractivity contribution in [2.45, 2.75) is 69.5 Å². The molecule has 1 saturated carbocycles. The first-order chi connectivity index (χ1) is 20.7. The number of ether oxygens (including phenoxy) is 2. The monoisotopic (exact) mass is 607 g/mol. The first-order valence-corrected chi connectivity index (χ1v) is 16.1. The topological polar surface area (TPSA) is 105 Å². The fraction of sp³-hybridized carbons (Fsp3) is 0.394. The van der Waals surface area contributed by atoms with Crippen molar-refractivity contribution in [3.63, 3.8) is 0 Å². The second-order valence-electron chi connectivity index (χ2n) is 10.7. The summed E-state index contributed by atoms with van der Waals surface area (Å²) in [6.45, 7) is 3.40. The van der Waals surface area contributed by atoms with E-state index in [2.05, 4.69) is 5.32 Å². The number of hydrogen-bond donors (Lipinski definition) is 1. The lowest BCUT2D eigenvalue weighted by Crippen LogP contribution is -2.53. The number of amides is 2. The molecule has 0 unspecified atom stereocenters. The van der Waals surface area contributed by atoms with Crippen LogP contribution >= 0.6 is 0 Å². The number of hydrogen-bond acceptors (Lipinski definition) is 6. The first kappa shape index (κ1) is 31.9. The molecule has 9 nitrogen and oxygen atoms in total. The van der Waals surface area contributed by atoms with Crippen molar-refractivity contribution in [1.82, 2.24) is 10.2 Å². The van der Waals surface area contributed by atoms with Crippen LogP contribution in [-0.2, 0) is 26.2 Å². The van der Waals surface area contributed by atoms with Crippen LogP contribution in [0.25, 0.3) is 0 Å². The van der Waals surface area contributed by atoms with Crippen LogP contribution in [0.15, 0.2) is 77.7 Å². The summed E-state index contributed by atoms with van der Waals surface area (Å²) >= 11 is 0. The Morgan fingerprint density at radius 1 is 0.953 bits per heavy atom. The van der Waals surface area contributed by atoms with Gasteiger partial charge in [-0.15, -0.1) is 0 Å². The van der Waals surface area contributed by atoms with Crippen molar-refractivity contribution in [3.8, 4) is 11.5 Å². The highest BCUT2D eigenvalue weighted by Crippen LogP contribution is 2.36. The van der Waals surface area contributed by atoms with E-state index < -0.39 is 28.5 Å². The van der Waals surface area contributed by atoms with Crippen molar-refractivity contribution in [3.05, 3.63) is 83.9 Å². The largest absolute Gasteiger partial charge is 0.497 e. The molecule has 0 saturated heterocycles. The Labute approximate surface area is 254 Å². The van der Waals surface area contributed by atoms with Crippen molar-refractivity contribution in [2.24, 2.45) is 0 Å². The average Bonchev–Trinajstić information content (AvgIpc) is 3.53. The number of benzene rings is 3. The maximum Gasteiger partial charge on any atom is 0.264 e. The standard InChI is InChI=1S/C33H41N3O6S/c1-5-29(33(38)34-26-15-11-12-16-26)35(22-25-14-10-9-13-24(25)2)32(37)23-36(43(39,40)28-17-7-6-8-18-28)30-21-27(41-3)19-20-31(30)42-4/h6-10,13-14,17-21,26,29H,5,11-12,15-16,22-23H2,1-4H3,(H,34,38)/t29-/m1/s1. The van der Waals surface area contributed by atoms with Gasteiger partial charge in [-0.25, -0.2) is 8.42 Å². The summed E-state index contributed by atoms with van der Waals surface area (Å²) in [5.41, 5.74) is 1.99. The van der Waals surface area contributed by atoms with E-state index in [1.54, 1.807) is 30.3 Å².